The Hall–Kier alpha value is -1.91. The third-order valence-corrected chi connectivity index (χ3v) is 5.32. The van der Waals surface area contributed by atoms with Gasteiger partial charge in [-0.15, -0.1) is 0 Å². The average molecular weight is 398 g/mol. The number of pyridine rings is 1. The van der Waals surface area contributed by atoms with Gasteiger partial charge in [0.2, 0.25) is 0 Å². The first-order valence-electron chi connectivity index (χ1n) is 11.3. The van der Waals surface area contributed by atoms with Crippen LogP contribution in [0.1, 0.15) is 70.3 Å². The second-order valence-electron chi connectivity index (χ2n) is 7.80. The maximum absolute atomic E-state index is 5.86. The molecule has 1 aliphatic heterocycles. The summed E-state index contributed by atoms with van der Waals surface area (Å²) in [4.78, 5) is 4.59. The van der Waals surface area contributed by atoms with Gasteiger partial charge in [0.05, 0.1) is 18.9 Å². The van der Waals surface area contributed by atoms with Gasteiger partial charge >= 0.3 is 0 Å². The van der Waals surface area contributed by atoms with Gasteiger partial charge in [-0.25, -0.2) is 0 Å². The van der Waals surface area contributed by atoms with Gasteiger partial charge in [0.15, 0.2) is 6.29 Å². The molecule has 1 saturated heterocycles. The highest BCUT2D eigenvalue weighted by Crippen LogP contribution is 2.22. The molecule has 0 N–H and O–H groups in total. The minimum atomic E-state index is -0.0627. The van der Waals surface area contributed by atoms with E-state index >= 15 is 0 Å². The van der Waals surface area contributed by atoms with Gasteiger partial charge < -0.3 is 14.2 Å². The van der Waals surface area contributed by atoms with Crippen LogP contribution in [0, 0.1) is 0 Å². The van der Waals surface area contributed by atoms with Gasteiger partial charge in [-0.2, -0.15) is 0 Å². The minimum absolute atomic E-state index is 0.0627. The zero-order valence-corrected chi connectivity index (χ0v) is 17.8. The first-order valence-corrected chi connectivity index (χ1v) is 11.3. The zero-order chi connectivity index (χ0) is 20.2. The standard InChI is InChI=1S/C25H35NO3/c1-2-3-4-5-6-8-17-27-23-14-12-22(13-15-23)24-16-11-21(19-26-24)20-29-25-10-7-9-18-28-25/h11-16,19,25H,2-10,17-18,20H2,1H3. The van der Waals surface area contributed by atoms with Crippen LogP contribution < -0.4 is 4.74 Å². The molecule has 0 spiro atoms. The first kappa shape index (κ1) is 21.8. The van der Waals surface area contributed by atoms with Crippen LogP contribution in [-0.4, -0.2) is 24.5 Å². The monoisotopic (exact) mass is 397 g/mol. The normalized spacial score (nSPS) is 16.7. The van der Waals surface area contributed by atoms with Crippen LogP contribution in [0.5, 0.6) is 5.75 Å². The van der Waals surface area contributed by atoms with Gasteiger partial charge in [-0.05, 0) is 61.6 Å². The molecule has 1 fully saturated rings. The highest BCUT2D eigenvalue weighted by molar-refractivity contribution is 5.60. The third kappa shape index (κ3) is 7.79. The van der Waals surface area contributed by atoms with E-state index in [9.17, 15) is 0 Å². The van der Waals surface area contributed by atoms with E-state index < -0.39 is 0 Å². The van der Waals surface area contributed by atoms with E-state index in [1.165, 1.54) is 38.5 Å². The predicted octanol–water partition coefficient (Wildman–Crippen LogP) is 6.53. The smallest absolute Gasteiger partial charge is 0.158 e. The number of ether oxygens (including phenoxy) is 3. The Morgan fingerprint density at radius 2 is 1.79 bits per heavy atom. The Morgan fingerprint density at radius 3 is 2.52 bits per heavy atom. The number of rotatable bonds is 12. The Bertz CT molecular complexity index is 678. The van der Waals surface area contributed by atoms with Gasteiger partial charge in [0, 0.05) is 18.4 Å². The molecule has 4 heteroatoms. The number of nitrogens with zero attached hydrogens (tertiary/aromatic N) is 1. The van der Waals surface area contributed by atoms with Crippen LogP contribution >= 0.6 is 0 Å². The topological polar surface area (TPSA) is 40.6 Å². The van der Waals surface area contributed by atoms with E-state index in [0.717, 1.165) is 55.0 Å². The fraction of sp³-hybridized carbons (Fsp3) is 0.560. The maximum Gasteiger partial charge on any atom is 0.158 e. The molecule has 0 saturated carbocycles. The van der Waals surface area contributed by atoms with E-state index in [1.54, 1.807) is 0 Å². The molecule has 29 heavy (non-hydrogen) atoms. The Labute approximate surface area is 175 Å². The van der Waals surface area contributed by atoms with Crippen LogP contribution in [0.15, 0.2) is 42.6 Å². The number of aromatic nitrogens is 1. The van der Waals surface area contributed by atoms with Crippen molar-refractivity contribution in [3.8, 4) is 17.0 Å². The van der Waals surface area contributed by atoms with Gasteiger partial charge in [-0.3, -0.25) is 4.98 Å². The predicted molar refractivity (Wildman–Crippen MR) is 117 cm³/mol. The summed E-state index contributed by atoms with van der Waals surface area (Å²) >= 11 is 0. The molecule has 2 heterocycles. The van der Waals surface area contributed by atoms with Gasteiger partial charge in [0.25, 0.3) is 0 Å². The third-order valence-electron chi connectivity index (χ3n) is 5.32. The van der Waals surface area contributed by atoms with E-state index in [4.69, 9.17) is 14.2 Å². The van der Waals surface area contributed by atoms with Crippen molar-refractivity contribution >= 4 is 0 Å². The minimum Gasteiger partial charge on any atom is -0.494 e. The second-order valence-corrected chi connectivity index (χ2v) is 7.80. The molecule has 0 aliphatic carbocycles. The van der Waals surface area contributed by atoms with Crippen molar-refractivity contribution in [1.29, 1.82) is 0 Å². The Balaban J connectivity index is 1.39. The quantitative estimate of drug-likeness (QED) is 0.382. The largest absolute Gasteiger partial charge is 0.494 e. The lowest BCUT2D eigenvalue weighted by molar-refractivity contribution is -0.168. The lowest BCUT2D eigenvalue weighted by Gasteiger charge is -2.22. The summed E-state index contributed by atoms with van der Waals surface area (Å²) in [5, 5.41) is 0. The Morgan fingerprint density at radius 1 is 0.966 bits per heavy atom. The number of hydrogen-bond acceptors (Lipinski definition) is 4. The highest BCUT2D eigenvalue weighted by atomic mass is 16.7. The number of benzene rings is 1. The lowest BCUT2D eigenvalue weighted by atomic mass is 10.1. The van der Waals surface area contributed by atoms with E-state index in [2.05, 4.69) is 30.1 Å². The van der Waals surface area contributed by atoms with Crippen molar-refractivity contribution in [2.24, 2.45) is 0 Å². The van der Waals surface area contributed by atoms with Crippen LogP contribution in [0.2, 0.25) is 0 Å². The lowest BCUT2D eigenvalue weighted by Crippen LogP contribution is -2.22. The summed E-state index contributed by atoms with van der Waals surface area (Å²) < 4.78 is 17.3. The van der Waals surface area contributed by atoms with Crippen LogP contribution in [0.25, 0.3) is 11.3 Å². The molecule has 1 aromatic heterocycles. The van der Waals surface area contributed by atoms with E-state index in [1.807, 2.05) is 24.4 Å². The zero-order valence-electron chi connectivity index (χ0n) is 17.8. The summed E-state index contributed by atoms with van der Waals surface area (Å²) in [6, 6.07) is 12.3. The van der Waals surface area contributed by atoms with Crippen LogP contribution in [-0.2, 0) is 16.1 Å². The van der Waals surface area contributed by atoms with Crippen molar-refractivity contribution < 1.29 is 14.2 Å². The molecule has 0 bridgehead atoms. The second kappa shape index (κ2) is 12.6. The molecule has 158 valence electrons. The fourth-order valence-electron chi connectivity index (χ4n) is 3.51. The summed E-state index contributed by atoms with van der Waals surface area (Å²) in [5.41, 5.74) is 3.13. The molecule has 1 unspecified atom stereocenters. The van der Waals surface area contributed by atoms with Crippen LogP contribution in [0.3, 0.4) is 0 Å². The molecule has 4 nitrogen and oxygen atoms in total. The molecule has 1 aliphatic rings. The van der Waals surface area contributed by atoms with Crippen molar-refractivity contribution in [2.45, 2.75) is 77.6 Å². The summed E-state index contributed by atoms with van der Waals surface area (Å²) in [6.45, 7) is 4.39. The van der Waals surface area contributed by atoms with E-state index in [0.29, 0.717) is 6.61 Å². The van der Waals surface area contributed by atoms with Gasteiger partial charge in [0.1, 0.15) is 5.75 Å². The van der Waals surface area contributed by atoms with Gasteiger partial charge in [-0.1, -0.05) is 45.1 Å². The summed E-state index contributed by atoms with van der Waals surface area (Å²) in [7, 11) is 0. The van der Waals surface area contributed by atoms with Crippen molar-refractivity contribution in [2.75, 3.05) is 13.2 Å². The average Bonchev–Trinajstić information content (AvgIpc) is 2.79. The first-order chi connectivity index (χ1) is 14.3. The Kier molecular flexibility index (Phi) is 9.47. The molecular formula is C25H35NO3. The molecule has 1 aromatic carbocycles. The molecule has 0 amide bonds. The summed E-state index contributed by atoms with van der Waals surface area (Å²) in [6.07, 6.45) is 12.8. The maximum atomic E-state index is 5.86. The fourth-order valence-corrected chi connectivity index (χ4v) is 3.51. The molecule has 2 aromatic rings. The van der Waals surface area contributed by atoms with Crippen molar-refractivity contribution in [3.63, 3.8) is 0 Å². The molecule has 3 rings (SSSR count). The van der Waals surface area contributed by atoms with E-state index in [-0.39, 0.29) is 6.29 Å². The molecule has 1 atom stereocenters. The van der Waals surface area contributed by atoms with Crippen molar-refractivity contribution in [3.05, 3.63) is 48.2 Å². The summed E-state index contributed by atoms with van der Waals surface area (Å²) in [5.74, 6) is 0.930. The molecular weight excluding hydrogens is 362 g/mol. The van der Waals surface area contributed by atoms with Crippen LogP contribution in [0.4, 0.5) is 0 Å². The van der Waals surface area contributed by atoms with Crippen molar-refractivity contribution in [1.82, 2.24) is 4.98 Å². The SMILES string of the molecule is CCCCCCCCOc1ccc(-c2ccc(COC3CCCCO3)cn2)cc1. The number of hydrogen-bond donors (Lipinski definition) is 0. The molecule has 0 radical (unpaired) electrons. The highest BCUT2D eigenvalue weighted by Gasteiger charge is 2.14. The number of unbranched alkanes of at least 4 members (excludes halogenated alkanes) is 5.